The zero-order valence-corrected chi connectivity index (χ0v) is 9.53. The lowest BCUT2D eigenvalue weighted by atomic mass is 9.93. The topological polar surface area (TPSA) is 58.6 Å². The van der Waals surface area contributed by atoms with E-state index in [1.165, 1.54) is 0 Å². The molecule has 0 spiro atoms. The average molecular weight is 215 g/mol. The maximum absolute atomic E-state index is 11.1. The number of carboxylic acid groups (broad SMARTS) is 1. The second-order valence-electron chi connectivity index (χ2n) is 4.27. The molecule has 1 fully saturated rings. The van der Waals surface area contributed by atoms with Gasteiger partial charge in [-0.2, -0.15) is 0 Å². The van der Waals surface area contributed by atoms with Gasteiger partial charge in [-0.05, 0) is 26.2 Å². The third-order valence-corrected chi connectivity index (χ3v) is 3.01. The zero-order valence-electron chi connectivity index (χ0n) is 9.53. The third kappa shape index (κ3) is 3.80. The van der Waals surface area contributed by atoms with Gasteiger partial charge in [-0.25, -0.2) is 0 Å². The van der Waals surface area contributed by atoms with Crippen molar-refractivity contribution in [3.63, 3.8) is 0 Å². The van der Waals surface area contributed by atoms with E-state index in [1.807, 2.05) is 13.8 Å². The summed E-state index contributed by atoms with van der Waals surface area (Å²) >= 11 is 0. The Bertz CT molecular complexity index is 202. The van der Waals surface area contributed by atoms with Crippen LogP contribution < -0.4 is 5.32 Å². The van der Waals surface area contributed by atoms with Crippen molar-refractivity contribution in [2.45, 2.75) is 45.2 Å². The fourth-order valence-corrected chi connectivity index (χ4v) is 1.86. The monoisotopic (exact) mass is 215 g/mol. The lowest BCUT2D eigenvalue weighted by Gasteiger charge is -2.30. The van der Waals surface area contributed by atoms with Crippen molar-refractivity contribution in [2.24, 2.45) is 5.92 Å². The van der Waals surface area contributed by atoms with Gasteiger partial charge in [0.2, 0.25) is 0 Å². The molecule has 1 aliphatic rings. The van der Waals surface area contributed by atoms with Crippen LogP contribution in [0.5, 0.6) is 0 Å². The van der Waals surface area contributed by atoms with E-state index in [1.54, 1.807) is 0 Å². The van der Waals surface area contributed by atoms with Gasteiger partial charge in [0, 0.05) is 18.6 Å². The average Bonchev–Trinajstić information content (AvgIpc) is 2.26. The largest absolute Gasteiger partial charge is 0.480 e. The number of rotatable bonds is 5. The normalized spacial score (nSPS) is 25.9. The minimum Gasteiger partial charge on any atom is -0.480 e. The molecule has 1 rings (SSSR count). The van der Waals surface area contributed by atoms with Gasteiger partial charge >= 0.3 is 5.97 Å². The molecule has 88 valence electrons. The summed E-state index contributed by atoms with van der Waals surface area (Å²) in [4.78, 5) is 11.1. The summed E-state index contributed by atoms with van der Waals surface area (Å²) in [5.41, 5.74) is 0. The smallest absolute Gasteiger partial charge is 0.321 e. The molecule has 0 amide bonds. The summed E-state index contributed by atoms with van der Waals surface area (Å²) in [6.07, 6.45) is 2.86. The second-order valence-corrected chi connectivity index (χ2v) is 4.27. The van der Waals surface area contributed by atoms with Gasteiger partial charge in [0.1, 0.15) is 6.04 Å². The zero-order chi connectivity index (χ0) is 11.3. The van der Waals surface area contributed by atoms with Gasteiger partial charge in [-0.15, -0.1) is 0 Å². The van der Waals surface area contributed by atoms with Crippen molar-refractivity contribution in [2.75, 3.05) is 13.2 Å². The molecule has 1 saturated heterocycles. The molecule has 0 aromatic rings. The standard InChI is InChI=1S/C11H21NO3/c1-3-8(2)12-10(11(13)14)9-5-4-6-15-7-9/h8-10,12H,3-7H2,1-2H3,(H,13,14). The molecule has 0 saturated carbocycles. The predicted octanol–water partition coefficient (Wildman–Crippen LogP) is 1.25. The fourth-order valence-electron chi connectivity index (χ4n) is 1.86. The molecule has 1 heterocycles. The van der Waals surface area contributed by atoms with Crippen LogP contribution in [0.2, 0.25) is 0 Å². The van der Waals surface area contributed by atoms with Crippen molar-refractivity contribution < 1.29 is 14.6 Å². The summed E-state index contributed by atoms with van der Waals surface area (Å²) in [6, 6.07) is -0.215. The summed E-state index contributed by atoms with van der Waals surface area (Å²) in [5.74, 6) is -0.643. The van der Waals surface area contributed by atoms with Gasteiger partial charge in [0.25, 0.3) is 0 Å². The molecule has 0 aliphatic carbocycles. The van der Waals surface area contributed by atoms with Crippen molar-refractivity contribution in [1.82, 2.24) is 5.32 Å². The highest BCUT2D eigenvalue weighted by molar-refractivity contribution is 5.74. The number of hydrogen-bond donors (Lipinski definition) is 2. The molecule has 0 radical (unpaired) electrons. The molecule has 1 aliphatic heterocycles. The van der Waals surface area contributed by atoms with E-state index in [9.17, 15) is 4.79 Å². The van der Waals surface area contributed by atoms with Gasteiger partial charge in [-0.1, -0.05) is 6.92 Å². The molecule has 4 nitrogen and oxygen atoms in total. The van der Waals surface area contributed by atoms with Crippen LogP contribution in [0.25, 0.3) is 0 Å². The van der Waals surface area contributed by atoms with E-state index >= 15 is 0 Å². The van der Waals surface area contributed by atoms with Gasteiger partial charge < -0.3 is 15.2 Å². The Morgan fingerprint density at radius 3 is 2.87 bits per heavy atom. The van der Waals surface area contributed by atoms with Crippen molar-refractivity contribution in [3.05, 3.63) is 0 Å². The Labute approximate surface area is 91.0 Å². The summed E-state index contributed by atoms with van der Waals surface area (Å²) in [7, 11) is 0. The second kappa shape index (κ2) is 6.08. The Hall–Kier alpha value is -0.610. The lowest BCUT2D eigenvalue weighted by molar-refractivity contribution is -0.142. The molecule has 2 N–H and O–H groups in total. The van der Waals surface area contributed by atoms with E-state index in [-0.39, 0.29) is 12.0 Å². The molecule has 15 heavy (non-hydrogen) atoms. The van der Waals surface area contributed by atoms with Crippen LogP contribution in [0.3, 0.4) is 0 Å². The van der Waals surface area contributed by atoms with E-state index in [0.29, 0.717) is 6.61 Å². The molecule has 4 heteroatoms. The Morgan fingerprint density at radius 2 is 2.40 bits per heavy atom. The number of aliphatic carboxylic acids is 1. The molecular weight excluding hydrogens is 194 g/mol. The molecular formula is C11H21NO3. The van der Waals surface area contributed by atoms with Crippen molar-refractivity contribution >= 4 is 5.97 Å². The van der Waals surface area contributed by atoms with E-state index in [2.05, 4.69) is 5.32 Å². The van der Waals surface area contributed by atoms with Crippen LogP contribution in [-0.4, -0.2) is 36.4 Å². The van der Waals surface area contributed by atoms with Crippen molar-refractivity contribution in [3.8, 4) is 0 Å². The highest BCUT2D eigenvalue weighted by Gasteiger charge is 2.30. The van der Waals surface area contributed by atoms with E-state index < -0.39 is 12.0 Å². The number of ether oxygens (including phenoxy) is 1. The molecule has 0 aromatic heterocycles. The fraction of sp³-hybridized carbons (Fsp3) is 0.909. The molecule has 0 bridgehead atoms. The maximum atomic E-state index is 11.1. The third-order valence-electron chi connectivity index (χ3n) is 3.01. The van der Waals surface area contributed by atoms with Gasteiger partial charge in [0.05, 0.1) is 6.61 Å². The van der Waals surface area contributed by atoms with Gasteiger partial charge in [0.15, 0.2) is 0 Å². The number of carbonyl (C=O) groups is 1. The molecule has 0 aromatic carbocycles. The van der Waals surface area contributed by atoms with Crippen LogP contribution in [0.1, 0.15) is 33.1 Å². The van der Waals surface area contributed by atoms with Crippen LogP contribution in [-0.2, 0) is 9.53 Å². The van der Waals surface area contributed by atoms with E-state index in [0.717, 1.165) is 25.9 Å². The van der Waals surface area contributed by atoms with Crippen LogP contribution in [0.4, 0.5) is 0 Å². The highest BCUT2D eigenvalue weighted by atomic mass is 16.5. The first kappa shape index (κ1) is 12.5. The van der Waals surface area contributed by atoms with Crippen LogP contribution in [0, 0.1) is 5.92 Å². The van der Waals surface area contributed by atoms with E-state index in [4.69, 9.17) is 9.84 Å². The summed E-state index contributed by atoms with van der Waals surface area (Å²) in [5, 5.41) is 12.3. The first-order valence-corrected chi connectivity index (χ1v) is 5.71. The molecule has 3 unspecified atom stereocenters. The highest BCUT2D eigenvalue weighted by Crippen LogP contribution is 2.18. The minimum atomic E-state index is -0.759. The summed E-state index contributed by atoms with van der Waals surface area (Å²) < 4.78 is 5.33. The number of nitrogens with one attached hydrogen (secondary N) is 1. The SMILES string of the molecule is CCC(C)NC(C(=O)O)C1CCCOC1. The Balaban J connectivity index is 2.51. The Kier molecular flexibility index (Phi) is 5.05. The first-order valence-electron chi connectivity index (χ1n) is 5.71. The maximum Gasteiger partial charge on any atom is 0.321 e. The van der Waals surface area contributed by atoms with Crippen LogP contribution >= 0.6 is 0 Å². The van der Waals surface area contributed by atoms with Crippen molar-refractivity contribution in [1.29, 1.82) is 0 Å². The van der Waals surface area contributed by atoms with Crippen LogP contribution in [0.15, 0.2) is 0 Å². The Morgan fingerprint density at radius 1 is 1.67 bits per heavy atom. The first-order chi connectivity index (χ1) is 7.15. The predicted molar refractivity (Wildman–Crippen MR) is 57.9 cm³/mol. The number of hydrogen-bond acceptors (Lipinski definition) is 3. The minimum absolute atomic E-state index is 0.116. The summed E-state index contributed by atoms with van der Waals surface area (Å²) in [6.45, 7) is 5.40. The lowest BCUT2D eigenvalue weighted by Crippen LogP contribution is -2.49. The quantitative estimate of drug-likeness (QED) is 0.724. The molecule has 3 atom stereocenters. The van der Waals surface area contributed by atoms with Gasteiger partial charge in [-0.3, -0.25) is 4.79 Å². The number of carboxylic acids is 1.